The van der Waals surface area contributed by atoms with Gasteiger partial charge in [0.25, 0.3) is 5.91 Å². The van der Waals surface area contributed by atoms with Crippen molar-refractivity contribution in [1.29, 1.82) is 5.26 Å². The number of halogens is 3. The van der Waals surface area contributed by atoms with Crippen molar-refractivity contribution in [3.63, 3.8) is 0 Å². The molecule has 1 fully saturated rings. The van der Waals surface area contributed by atoms with Gasteiger partial charge in [-0.05, 0) is 31.0 Å². The second-order valence-corrected chi connectivity index (χ2v) is 7.94. The summed E-state index contributed by atoms with van der Waals surface area (Å²) in [5.74, 6) is -0.660. The number of fused-ring (bicyclic) bond motifs is 1. The number of hydrogen-bond donors (Lipinski definition) is 2. The number of alkyl halides is 3. The number of thioether (sulfide) groups is 1. The molecule has 1 spiro atoms. The van der Waals surface area contributed by atoms with E-state index in [0.717, 1.165) is 17.5 Å². The molecule has 2 N–H and O–H groups in total. The fraction of sp³-hybridized carbons (Fsp3) is 0.444. The van der Waals surface area contributed by atoms with Crippen LogP contribution in [-0.2, 0) is 9.53 Å². The molecule has 11 heteroatoms. The molecular weight excluding hydrogens is 409 g/mol. The minimum atomic E-state index is -4.79. The third-order valence-electron chi connectivity index (χ3n) is 5.08. The predicted molar refractivity (Wildman–Crippen MR) is 97.5 cm³/mol. The number of ether oxygens (including phenoxy) is 2. The Labute approximate surface area is 168 Å². The predicted octanol–water partition coefficient (Wildman–Crippen LogP) is 3.12. The molecule has 4 rings (SSSR count). The minimum Gasteiger partial charge on any atom is -0.406 e. The first-order valence-electron chi connectivity index (χ1n) is 8.92. The number of benzene rings is 1. The lowest BCUT2D eigenvalue weighted by molar-refractivity contribution is -0.274. The second-order valence-electron chi connectivity index (χ2n) is 6.89. The Balaban J connectivity index is 1.65. The van der Waals surface area contributed by atoms with E-state index >= 15 is 0 Å². The first-order valence-corrected chi connectivity index (χ1v) is 9.74. The number of anilines is 1. The molecule has 0 bridgehead atoms. The van der Waals surface area contributed by atoms with E-state index in [1.165, 1.54) is 23.2 Å². The fourth-order valence-corrected chi connectivity index (χ4v) is 4.86. The zero-order valence-corrected chi connectivity index (χ0v) is 16.0. The molecule has 0 unspecified atom stereocenters. The Hall–Kier alpha value is -2.42. The van der Waals surface area contributed by atoms with E-state index in [2.05, 4.69) is 15.5 Å². The summed E-state index contributed by atoms with van der Waals surface area (Å²) in [5, 5.41) is 13.7. The van der Waals surface area contributed by atoms with Crippen LogP contribution in [0.3, 0.4) is 0 Å². The quantitative estimate of drug-likeness (QED) is 0.718. The van der Waals surface area contributed by atoms with Gasteiger partial charge in [0.2, 0.25) is 0 Å². The van der Waals surface area contributed by atoms with Gasteiger partial charge >= 0.3 is 6.36 Å². The number of hydrazine groups is 1. The molecule has 3 heterocycles. The summed E-state index contributed by atoms with van der Waals surface area (Å²) in [6.07, 6.45) is -3.03. The molecule has 3 aliphatic rings. The Kier molecular flexibility index (Phi) is 5.10. The maximum atomic E-state index is 13.2. The second kappa shape index (κ2) is 7.44. The highest BCUT2D eigenvalue weighted by Crippen LogP contribution is 2.49. The monoisotopic (exact) mass is 426 g/mol. The Morgan fingerprint density at radius 2 is 2.14 bits per heavy atom. The third kappa shape index (κ3) is 3.88. The van der Waals surface area contributed by atoms with Crippen molar-refractivity contribution in [3.05, 3.63) is 28.8 Å². The lowest BCUT2D eigenvalue weighted by Crippen LogP contribution is -2.63. The van der Waals surface area contributed by atoms with E-state index in [1.54, 1.807) is 0 Å². The van der Waals surface area contributed by atoms with Gasteiger partial charge in [0.15, 0.2) is 0 Å². The highest BCUT2D eigenvalue weighted by atomic mass is 32.2. The van der Waals surface area contributed by atoms with Crippen molar-refractivity contribution < 1.29 is 27.4 Å². The van der Waals surface area contributed by atoms with Crippen LogP contribution < -0.4 is 15.5 Å². The minimum absolute atomic E-state index is 0.0325. The largest absolute Gasteiger partial charge is 0.573 e. The van der Waals surface area contributed by atoms with Gasteiger partial charge in [-0.15, -0.1) is 13.2 Å². The van der Waals surface area contributed by atoms with Gasteiger partial charge in [-0.1, -0.05) is 11.8 Å². The summed E-state index contributed by atoms with van der Waals surface area (Å²) >= 11 is 1.10. The highest BCUT2D eigenvalue weighted by molar-refractivity contribution is 8.04. The van der Waals surface area contributed by atoms with Crippen LogP contribution in [0.4, 0.5) is 18.9 Å². The number of hydrogen-bond acceptors (Lipinski definition) is 7. The van der Waals surface area contributed by atoms with Crippen LogP contribution in [-0.4, -0.2) is 42.6 Å². The van der Waals surface area contributed by atoms with Crippen LogP contribution >= 0.6 is 11.8 Å². The lowest BCUT2D eigenvalue weighted by atomic mass is 9.82. The van der Waals surface area contributed by atoms with Gasteiger partial charge in [-0.3, -0.25) is 9.80 Å². The summed E-state index contributed by atoms with van der Waals surface area (Å²) in [6.45, 7) is 0.972. The molecule has 0 radical (unpaired) electrons. The maximum Gasteiger partial charge on any atom is 0.573 e. The summed E-state index contributed by atoms with van der Waals surface area (Å²) in [7, 11) is 0. The van der Waals surface area contributed by atoms with Gasteiger partial charge in [0.1, 0.15) is 12.3 Å². The zero-order valence-electron chi connectivity index (χ0n) is 15.1. The molecular formula is C18H17F3N4O3S. The van der Waals surface area contributed by atoms with Crippen molar-refractivity contribution in [2.24, 2.45) is 0 Å². The van der Waals surface area contributed by atoms with Crippen LogP contribution in [0.25, 0.3) is 0 Å². The molecule has 1 aromatic carbocycles. The van der Waals surface area contributed by atoms with Gasteiger partial charge in [-0.2, -0.15) is 5.26 Å². The summed E-state index contributed by atoms with van der Waals surface area (Å²) in [6, 6.07) is 5.98. The number of nitrogens with one attached hydrogen (secondary N) is 2. The molecule has 154 valence electrons. The lowest BCUT2D eigenvalue weighted by Gasteiger charge is -2.50. The topological polar surface area (TPSA) is 86.6 Å². The molecule has 1 amide bonds. The van der Waals surface area contributed by atoms with Crippen molar-refractivity contribution in [2.75, 3.05) is 25.1 Å². The number of amides is 1. The van der Waals surface area contributed by atoms with Gasteiger partial charge < -0.3 is 14.8 Å². The Morgan fingerprint density at radius 1 is 1.38 bits per heavy atom. The summed E-state index contributed by atoms with van der Waals surface area (Å²) in [4.78, 5) is 14.1. The zero-order chi connectivity index (χ0) is 20.6. The van der Waals surface area contributed by atoms with E-state index < -0.39 is 11.9 Å². The maximum absolute atomic E-state index is 13.2. The van der Waals surface area contributed by atoms with Gasteiger partial charge in [0, 0.05) is 30.2 Å². The van der Waals surface area contributed by atoms with Gasteiger partial charge in [0.05, 0.1) is 22.2 Å². The van der Waals surface area contributed by atoms with Crippen LogP contribution in [0.2, 0.25) is 0 Å². The van der Waals surface area contributed by atoms with Crippen molar-refractivity contribution >= 4 is 23.4 Å². The summed E-state index contributed by atoms with van der Waals surface area (Å²) in [5.41, 5.74) is 3.73. The first kappa shape index (κ1) is 19.9. The van der Waals surface area contributed by atoms with E-state index in [-0.39, 0.29) is 18.2 Å². The van der Waals surface area contributed by atoms with Crippen LogP contribution in [0.5, 0.6) is 5.75 Å². The number of rotatable bonds is 3. The molecule has 0 saturated carbocycles. The molecule has 29 heavy (non-hydrogen) atoms. The number of nitriles is 1. The van der Waals surface area contributed by atoms with E-state index in [1.807, 2.05) is 6.07 Å². The smallest absolute Gasteiger partial charge is 0.406 e. The molecule has 1 aromatic rings. The number of carbonyl (C=O) groups excluding carboxylic acids is 1. The van der Waals surface area contributed by atoms with Gasteiger partial charge in [-0.25, -0.2) is 5.43 Å². The molecule has 0 atom stereocenters. The SMILES string of the molecule is N#CCNN1C(=O)C2=C(CC13CCOCC3)Nc1ccc(OC(F)(F)F)cc1S2. The van der Waals surface area contributed by atoms with Crippen LogP contribution in [0, 0.1) is 11.3 Å². The Morgan fingerprint density at radius 3 is 2.83 bits per heavy atom. The van der Waals surface area contributed by atoms with E-state index in [0.29, 0.717) is 48.0 Å². The standard InChI is InChI=1S/C18H17F3N4O3S/c19-18(20,21)28-11-1-2-12-14(9-11)29-15-13(24-12)10-17(3-7-27-8-4-17)25(16(15)26)23-6-5-22/h1-2,9,23-24H,3-4,6-8,10H2. The average molecular weight is 426 g/mol. The van der Waals surface area contributed by atoms with Crippen LogP contribution in [0.1, 0.15) is 19.3 Å². The Bertz CT molecular complexity index is 907. The summed E-state index contributed by atoms with van der Waals surface area (Å²) < 4.78 is 47.0. The number of nitrogens with zero attached hydrogens (tertiary/aromatic N) is 2. The number of carbonyl (C=O) groups is 1. The first-order chi connectivity index (χ1) is 13.8. The molecule has 0 aromatic heterocycles. The van der Waals surface area contributed by atoms with Crippen molar-refractivity contribution in [1.82, 2.24) is 10.4 Å². The molecule has 0 aliphatic carbocycles. The molecule has 3 aliphatic heterocycles. The van der Waals surface area contributed by atoms with Crippen molar-refractivity contribution in [3.8, 4) is 11.8 Å². The van der Waals surface area contributed by atoms with E-state index in [4.69, 9.17) is 10.00 Å². The average Bonchev–Trinajstić information content (AvgIpc) is 2.66. The van der Waals surface area contributed by atoms with Crippen molar-refractivity contribution in [2.45, 2.75) is 36.1 Å². The molecule has 7 nitrogen and oxygen atoms in total. The van der Waals surface area contributed by atoms with Crippen LogP contribution in [0.15, 0.2) is 33.7 Å². The third-order valence-corrected chi connectivity index (χ3v) is 6.26. The molecule has 1 saturated heterocycles. The van der Waals surface area contributed by atoms with E-state index in [9.17, 15) is 18.0 Å². The normalized spacial score (nSPS) is 20.6. The fourth-order valence-electron chi connectivity index (χ4n) is 3.81. The highest BCUT2D eigenvalue weighted by Gasteiger charge is 2.48.